The van der Waals surface area contributed by atoms with E-state index in [1.54, 1.807) is 0 Å². The Kier molecular flexibility index (Phi) is 25.1. The van der Waals surface area contributed by atoms with E-state index >= 15 is 0 Å². The summed E-state index contributed by atoms with van der Waals surface area (Å²) in [5, 5.41) is 17.2. The molecule has 2 N–H and O–H groups in total. The Labute approximate surface area is 205 Å². The third-order valence-corrected chi connectivity index (χ3v) is 8.83. The summed E-state index contributed by atoms with van der Waals surface area (Å²) in [4.78, 5) is 0. The van der Waals surface area contributed by atoms with Crippen LogP contribution in [0.3, 0.4) is 0 Å². The maximum absolute atomic E-state index is 11.7. The first-order chi connectivity index (χ1) is 15.6. The van der Waals surface area contributed by atoms with Crippen molar-refractivity contribution in [3.8, 4) is 0 Å². The molecule has 0 bridgehead atoms. The van der Waals surface area contributed by atoms with Gasteiger partial charge in [0, 0.05) is 26.2 Å². The number of piperidine rings is 2. The van der Waals surface area contributed by atoms with Gasteiger partial charge in [-0.1, -0.05) is 61.8 Å². The van der Waals surface area contributed by atoms with E-state index in [4.69, 9.17) is 10.2 Å². The molecule has 2 saturated heterocycles. The summed E-state index contributed by atoms with van der Waals surface area (Å²) in [7, 11) is -6.37. The Bertz CT molecular complexity index is 619. The Morgan fingerprint density at radius 2 is 1.09 bits per heavy atom. The average Bonchev–Trinajstić information content (AvgIpc) is 2.84. The smallest absolute Gasteiger partial charge is 0.216 e. The second-order valence-electron chi connectivity index (χ2n) is 7.54. The zero-order valence-corrected chi connectivity index (χ0v) is 24.2. The maximum atomic E-state index is 11.7. The molecule has 2 aliphatic heterocycles. The van der Waals surface area contributed by atoms with Gasteiger partial charge in [0.25, 0.3) is 0 Å². The molecule has 2 aliphatic rings. The predicted octanol–water partition coefficient (Wildman–Crippen LogP) is 3.55. The minimum Gasteiger partial charge on any atom is -0.395 e. The van der Waals surface area contributed by atoms with Crippen molar-refractivity contribution in [2.75, 3.05) is 50.9 Å². The van der Waals surface area contributed by atoms with Crippen molar-refractivity contribution < 1.29 is 27.0 Å². The molecule has 2 heterocycles. The summed E-state index contributed by atoms with van der Waals surface area (Å²) in [6.07, 6.45) is 5.07. The largest absolute Gasteiger partial charge is 0.395 e. The molecule has 8 nitrogen and oxygen atoms in total. The summed E-state index contributed by atoms with van der Waals surface area (Å²) in [5.41, 5.74) is 0. The third-order valence-electron chi connectivity index (χ3n) is 5.16. The highest BCUT2D eigenvalue weighted by atomic mass is 32.2. The summed E-state index contributed by atoms with van der Waals surface area (Å²) >= 11 is 0. The fourth-order valence-corrected chi connectivity index (χ4v) is 6.02. The van der Waals surface area contributed by atoms with Crippen LogP contribution in [0.15, 0.2) is 0 Å². The van der Waals surface area contributed by atoms with Crippen molar-refractivity contribution in [3.63, 3.8) is 0 Å². The molecule has 1 unspecified atom stereocenters. The minimum absolute atomic E-state index is 0.132. The SMILES string of the molecule is CC.CC.CC.CC(C)C1CCCN(S(=O)(=O)CCO)C1.O=S(=O)(CCO)N1CCCCC1. The topological polar surface area (TPSA) is 115 Å². The van der Waals surface area contributed by atoms with E-state index in [0.717, 1.165) is 32.1 Å². The molecule has 0 aromatic rings. The maximum Gasteiger partial charge on any atom is 0.216 e. The molecule has 2 rings (SSSR count). The molecular formula is C23H54N2O6S2. The second-order valence-corrected chi connectivity index (χ2v) is 11.7. The Morgan fingerprint density at radius 3 is 1.48 bits per heavy atom. The van der Waals surface area contributed by atoms with Gasteiger partial charge < -0.3 is 10.2 Å². The van der Waals surface area contributed by atoms with Gasteiger partial charge in [-0.2, -0.15) is 0 Å². The van der Waals surface area contributed by atoms with E-state index in [1.807, 2.05) is 41.5 Å². The predicted molar refractivity (Wildman–Crippen MR) is 140 cm³/mol. The molecule has 0 saturated carbocycles. The lowest BCUT2D eigenvalue weighted by atomic mass is 9.89. The van der Waals surface area contributed by atoms with E-state index in [0.29, 0.717) is 38.0 Å². The van der Waals surface area contributed by atoms with Gasteiger partial charge in [0.05, 0.1) is 24.7 Å². The van der Waals surface area contributed by atoms with Gasteiger partial charge >= 0.3 is 0 Å². The molecule has 0 amide bonds. The molecule has 10 heteroatoms. The molecule has 2 fully saturated rings. The lowest BCUT2D eigenvalue weighted by Crippen LogP contribution is -2.42. The summed E-state index contributed by atoms with van der Waals surface area (Å²) < 4.78 is 49.2. The standard InChI is InChI=1S/C10H21NO3S.C7H15NO3S.3C2H6/c1-9(2)10-4-3-5-11(8-10)15(13,14)7-6-12;9-6-7-12(10,11)8-4-2-1-3-5-8;3*1-2/h9-10,12H,3-8H2,1-2H3;9H,1-7H2;3*1-2H3. The van der Waals surface area contributed by atoms with Gasteiger partial charge in [0.1, 0.15) is 0 Å². The number of aliphatic hydroxyl groups is 2. The lowest BCUT2D eigenvalue weighted by Gasteiger charge is -2.33. The van der Waals surface area contributed by atoms with Crippen LogP contribution in [-0.2, 0) is 20.0 Å². The molecule has 0 aromatic carbocycles. The minimum atomic E-state index is -3.22. The van der Waals surface area contributed by atoms with Crippen LogP contribution in [0.5, 0.6) is 0 Å². The first-order valence-electron chi connectivity index (χ1n) is 12.8. The monoisotopic (exact) mass is 518 g/mol. The summed E-state index contributed by atoms with van der Waals surface area (Å²) in [6.45, 7) is 18.2. The number of rotatable bonds is 7. The van der Waals surface area contributed by atoms with Gasteiger partial charge in [0.15, 0.2) is 0 Å². The van der Waals surface area contributed by atoms with Crippen LogP contribution >= 0.6 is 0 Å². The number of aliphatic hydroxyl groups excluding tert-OH is 2. The van der Waals surface area contributed by atoms with Crippen LogP contribution in [0.2, 0.25) is 0 Å². The Hall–Kier alpha value is -0.260. The Balaban J connectivity index is -0.000000450. The lowest BCUT2D eigenvalue weighted by molar-refractivity contribution is 0.217. The Morgan fingerprint density at radius 1 is 0.697 bits per heavy atom. The molecular weight excluding hydrogens is 464 g/mol. The van der Waals surface area contributed by atoms with Crippen LogP contribution in [0.4, 0.5) is 0 Å². The van der Waals surface area contributed by atoms with Crippen molar-refractivity contribution in [2.45, 2.75) is 87.5 Å². The zero-order valence-electron chi connectivity index (χ0n) is 22.6. The second kappa shape index (κ2) is 22.2. The fraction of sp³-hybridized carbons (Fsp3) is 1.00. The fourth-order valence-electron chi connectivity index (χ4n) is 3.40. The van der Waals surface area contributed by atoms with Crippen LogP contribution in [0.25, 0.3) is 0 Å². The normalized spacial score (nSPS) is 19.4. The van der Waals surface area contributed by atoms with E-state index in [2.05, 4.69) is 13.8 Å². The van der Waals surface area contributed by atoms with Crippen molar-refractivity contribution in [1.82, 2.24) is 8.61 Å². The zero-order chi connectivity index (χ0) is 26.5. The van der Waals surface area contributed by atoms with Crippen LogP contribution in [-0.4, -0.2) is 86.6 Å². The molecule has 1 atom stereocenters. The van der Waals surface area contributed by atoms with Crippen molar-refractivity contribution in [3.05, 3.63) is 0 Å². The van der Waals surface area contributed by atoms with E-state index in [9.17, 15) is 16.8 Å². The number of hydrogen-bond acceptors (Lipinski definition) is 6. The van der Waals surface area contributed by atoms with E-state index in [1.165, 1.54) is 8.61 Å². The highest BCUT2D eigenvalue weighted by Crippen LogP contribution is 2.25. The van der Waals surface area contributed by atoms with Gasteiger partial charge in [0.2, 0.25) is 20.0 Å². The molecule has 33 heavy (non-hydrogen) atoms. The van der Waals surface area contributed by atoms with Gasteiger partial charge in [-0.05, 0) is 37.5 Å². The van der Waals surface area contributed by atoms with Crippen LogP contribution in [0.1, 0.15) is 87.5 Å². The molecule has 0 aromatic heterocycles. The number of hydrogen-bond donors (Lipinski definition) is 2. The highest BCUT2D eigenvalue weighted by molar-refractivity contribution is 7.89. The quantitative estimate of drug-likeness (QED) is 0.533. The van der Waals surface area contributed by atoms with Crippen molar-refractivity contribution in [2.24, 2.45) is 11.8 Å². The molecule has 204 valence electrons. The number of sulfonamides is 2. The third kappa shape index (κ3) is 16.1. The van der Waals surface area contributed by atoms with Gasteiger partial charge in [-0.3, -0.25) is 0 Å². The average molecular weight is 519 g/mol. The van der Waals surface area contributed by atoms with Crippen LogP contribution < -0.4 is 0 Å². The summed E-state index contributed by atoms with van der Waals surface area (Å²) in [5.74, 6) is 0.717. The molecule has 0 spiro atoms. The molecule has 0 aliphatic carbocycles. The van der Waals surface area contributed by atoms with E-state index < -0.39 is 20.0 Å². The van der Waals surface area contributed by atoms with Crippen molar-refractivity contribution in [1.29, 1.82) is 0 Å². The van der Waals surface area contributed by atoms with Gasteiger partial charge in [-0.15, -0.1) is 0 Å². The van der Waals surface area contributed by atoms with Crippen molar-refractivity contribution >= 4 is 20.0 Å². The number of nitrogens with zero attached hydrogens (tertiary/aromatic N) is 2. The first-order valence-corrected chi connectivity index (χ1v) is 16.0. The summed E-state index contributed by atoms with van der Waals surface area (Å²) in [6, 6.07) is 0. The first kappa shape index (κ1) is 37.3. The van der Waals surface area contributed by atoms with E-state index in [-0.39, 0.29) is 24.7 Å². The highest BCUT2D eigenvalue weighted by Gasteiger charge is 2.29. The van der Waals surface area contributed by atoms with Gasteiger partial charge in [-0.25, -0.2) is 25.4 Å². The van der Waals surface area contributed by atoms with Crippen LogP contribution in [0, 0.1) is 11.8 Å². The molecule has 0 radical (unpaired) electrons.